The maximum absolute atomic E-state index is 12.9. The van der Waals surface area contributed by atoms with Crippen LogP contribution in [0.15, 0.2) is 47.4 Å². The highest BCUT2D eigenvalue weighted by Crippen LogP contribution is 2.22. The number of nitrogens with zero attached hydrogens (tertiary/aromatic N) is 3. The zero-order chi connectivity index (χ0) is 22.0. The average molecular weight is 441 g/mol. The molecule has 31 heavy (non-hydrogen) atoms. The molecule has 0 fully saturated rings. The van der Waals surface area contributed by atoms with E-state index in [1.807, 2.05) is 4.90 Å². The van der Waals surface area contributed by atoms with E-state index in [9.17, 15) is 13.2 Å². The molecule has 0 spiro atoms. The Kier molecular flexibility index (Phi) is 6.11. The van der Waals surface area contributed by atoms with Crippen molar-refractivity contribution in [2.24, 2.45) is 5.14 Å². The molecule has 1 aliphatic heterocycles. The number of amides is 1. The molecular formula is C23H28N4O3S. The van der Waals surface area contributed by atoms with Gasteiger partial charge in [0.1, 0.15) is 5.82 Å². The molecule has 4 rings (SSSR count). The van der Waals surface area contributed by atoms with Crippen molar-refractivity contribution in [1.82, 2.24) is 14.5 Å². The Morgan fingerprint density at radius 3 is 2.39 bits per heavy atom. The van der Waals surface area contributed by atoms with Crippen LogP contribution in [-0.4, -0.2) is 41.9 Å². The molecule has 1 amide bonds. The summed E-state index contributed by atoms with van der Waals surface area (Å²) in [6.45, 7) is 4.31. The number of aryl methyl sites for hydroxylation is 2. The number of hydrogen-bond acceptors (Lipinski definition) is 4. The van der Waals surface area contributed by atoms with E-state index in [1.54, 1.807) is 6.07 Å². The van der Waals surface area contributed by atoms with Crippen LogP contribution in [0.3, 0.4) is 0 Å². The van der Waals surface area contributed by atoms with Gasteiger partial charge in [-0.15, -0.1) is 0 Å². The van der Waals surface area contributed by atoms with Gasteiger partial charge in [-0.3, -0.25) is 4.79 Å². The fourth-order valence-corrected chi connectivity index (χ4v) is 4.83. The van der Waals surface area contributed by atoms with Gasteiger partial charge >= 0.3 is 0 Å². The van der Waals surface area contributed by atoms with Crippen molar-refractivity contribution >= 4 is 27.0 Å². The third-order valence-corrected chi connectivity index (χ3v) is 6.82. The number of primary sulfonamides is 1. The summed E-state index contributed by atoms with van der Waals surface area (Å²) in [6.07, 6.45) is 3.57. The number of hydrogen-bond donors (Lipinski definition) is 1. The van der Waals surface area contributed by atoms with Gasteiger partial charge in [-0.2, -0.15) is 0 Å². The molecule has 8 heteroatoms. The molecule has 0 aliphatic carbocycles. The second-order valence-corrected chi connectivity index (χ2v) is 9.59. The summed E-state index contributed by atoms with van der Waals surface area (Å²) in [5.74, 6) is 0.933. The van der Waals surface area contributed by atoms with Crippen LogP contribution in [0, 0.1) is 0 Å². The van der Waals surface area contributed by atoms with Crippen molar-refractivity contribution < 1.29 is 13.2 Å². The lowest BCUT2D eigenvalue weighted by Crippen LogP contribution is -2.33. The Hall–Kier alpha value is -2.71. The van der Waals surface area contributed by atoms with E-state index < -0.39 is 10.0 Å². The van der Waals surface area contributed by atoms with Crippen LogP contribution < -0.4 is 5.14 Å². The van der Waals surface area contributed by atoms with E-state index in [2.05, 4.69) is 40.7 Å². The summed E-state index contributed by atoms with van der Waals surface area (Å²) >= 11 is 0. The SMILES string of the molecule is CCCn1c(CCC(=O)N2CCc3ccccc3CC2)nc2cc(S(N)(=O)=O)ccc21. The summed E-state index contributed by atoms with van der Waals surface area (Å²) in [5, 5.41) is 5.26. The van der Waals surface area contributed by atoms with Crippen LogP contribution in [0.4, 0.5) is 0 Å². The first-order chi connectivity index (χ1) is 14.9. The minimum Gasteiger partial charge on any atom is -0.342 e. The Bertz CT molecular complexity index is 1190. The molecule has 2 N–H and O–H groups in total. The second-order valence-electron chi connectivity index (χ2n) is 8.02. The van der Waals surface area contributed by atoms with Crippen molar-refractivity contribution in [2.45, 2.75) is 50.5 Å². The third kappa shape index (κ3) is 4.65. The fourth-order valence-electron chi connectivity index (χ4n) is 4.29. The lowest BCUT2D eigenvalue weighted by molar-refractivity contribution is -0.131. The quantitative estimate of drug-likeness (QED) is 0.637. The molecule has 0 atom stereocenters. The second kappa shape index (κ2) is 8.80. The molecule has 1 aliphatic rings. The van der Waals surface area contributed by atoms with Crippen LogP contribution in [0.2, 0.25) is 0 Å². The van der Waals surface area contributed by atoms with Crippen LogP contribution >= 0.6 is 0 Å². The van der Waals surface area contributed by atoms with Crippen LogP contribution in [0.5, 0.6) is 0 Å². The minimum atomic E-state index is -3.79. The Balaban J connectivity index is 1.50. The highest BCUT2D eigenvalue weighted by Gasteiger charge is 2.20. The fraction of sp³-hybridized carbons (Fsp3) is 0.391. The van der Waals surface area contributed by atoms with Gasteiger partial charge in [0.15, 0.2) is 0 Å². The van der Waals surface area contributed by atoms with Gasteiger partial charge in [0.2, 0.25) is 15.9 Å². The van der Waals surface area contributed by atoms with E-state index in [0.29, 0.717) is 18.4 Å². The first-order valence-electron chi connectivity index (χ1n) is 10.7. The van der Waals surface area contributed by atoms with E-state index in [4.69, 9.17) is 5.14 Å². The highest BCUT2D eigenvalue weighted by atomic mass is 32.2. The number of carbonyl (C=O) groups excluding carboxylic acids is 1. The van der Waals surface area contributed by atoms with Gasteiger partial charge in [0, 0.05) is 32.5 Å². The lowest BCUT2D eigenvalue weighted by Gasteiger charge is -2.20. The average Bonchev–Trinajstić information content (AvgIpc) is 2.94. The number of rotatable bonds is 6. The third-order valence-electron chi connectivity index (χ3n) is 5.91. The molecule has 2 heterocycles. The summed E-state index contributed by atoms with van der Waals surface area (Å²) in [6, 6.07) is 13.2. The number of fused-ring (bicyclic) bond motifs is 2. The van der Waals surface area contributed by atoms with Crippen molar-refractivity contribution in [2.75, 3.05) is 13.1 Å². The highest BCUT2D eigenvalue weighted by molar-refractivity contribution is 7.89. The van der Waals surface area contributed by atoms with Gasteiger partial charge < -0.3 is 9.47 Å². The topological polar surface area (TPSA) is 98.3 Å². The molecule has 0 radical (unpaired) electrons. The minimum absolute atomic E-state index is 0.0490. The summed E-state index contributed by atoms with van der Waals surface area (Å²) < 4.78 is 25.5. The van der Waals surface area contributed by atoms with E-state index >= 15 is 0 Å². The number of imidazole rings is 1. The Morgan fingerprint density at radius 1 is 1.10 bits per heavy atom. The van der Waals surface area contributed by atoms with Crippen molar-refractivity contribution in [1.29, 1.82) is 0 Å². The van der Waals surface area contributed by atoms with E-state index in [-0.39, 0.29) is 10.8 Å². The maximum atomic E-state index is 12.9. The molecule has 0 unspecified atom stereocenters. The monoisotopic (exact) mass is 440 g/mol. The number of nitrogens with two attached hydrogens (primary N) is 1. The molecule has 164 valence electrons. The Morgan fingerprint density at radius 2 is 1.77 bits per heavy atom. The molecular weight excluding hydrogens is 412 g/mol. The number of sulfonamides is 1. The van der Waals surface area contributed by atoms with Crippen molar-refractivity contribution in [3.8, 4) is 0 Å². The maximum Gasteiger partial charge on any atom is 0.238 e. The first-order valence-corrected chi connectivity index (χ1v) is 12.3. The van der Waals surface area contributed by atoms with Gasteiger partial charge in [0.25, 0.3) is 0 Å². The van der Waals surface area contributed by atoms with E-state index in [0.717, 1.165) is 50.2 Å². The van der Waals surface area contributed by atoms with Gasteiger partial charge in [-0.1, -0.05) is 31.2 Å². The predicted molar refractivity (Wildman–Crippen MR) is 120 cm³/mol. The molecule has 2 aromatic carbocycles. The Labute approximate surface area is 182 Å². The molecule has 3 aromatic rings. The van der Waals surface area contributed by atoms with Gasteiger partial charge in [-0.05, 0) is 48.6 Å². The summed E-state index contributed by atoms with van der Waals surface area (Å²) in [4.78, 5) is 19.6. The smallest absolute Gasteiger partial charge is 0.238 e. The lowest BCUT2D eigenvalue weighted by atomic mass is 10.0. The summed E-state index contributed by atoms with van der Waals surface area (Å²) in [7, 11) is -3.79. The largest absolute Gasteiger partial charge is 0.342 e. The van der Waals surface area contributed by atoms with Crippen LogP contribution in [0.1, 0.15) is 36.7 Å². The number of carbonyl (C=O) groups is 1. The standard InChI is InChI=1S/C23H28N4O3S/c1-2-13-27-21-8-7-19(31(24,29)30)16-20(21)25-22(27)9-10-23(28)26-14-11-17-5-3-4-6-18(17)12-15-26/h3-8,16H,2,9-15H2,1H3,(H2,24,29,30). The van der Waals surface area contributed by atoms with Crippen LogP contribution in [-0.2, 0) is 40.6 Å². The number of aromatic nitrogens is 2. The van der Waals surface area contributed by atoms with Crippen molar-refractivity contribution in [3.05, 3.63) is 59.4 Å². The predicted octanol–water partition coefficient (Wildman–Crippen LogP) is 2.65. The van der Waals surface area contributed by atoms with E-state index in [1.165, 1.54) is 23.3 Å². The van der Waals surface area contributed by atoms with Crippen LogP contribution in [0.25, 0.3) is 11.0 Å². The molecule has 0 saturated carbocycles. The first kappa shape index (κ1) is 21.5. The molecule has 1 aromatic heterocycles. The van der Waals surface area contributed by atoms with Gasteiger partial charge in [-0.25, -0.2) is 18.5 Å². The van der Waals surface area contributed by atoms with Gasteiger partial charge in [0.05, 0.1) is 15.9 Å². The zero-order valence-electron chi connectivity index (χ0n) is 17.8. The van der Waals surface area contributed by atoms with Crippen molar-refractivity contribution in [3.63, 3.8) is 0 Å². The molecule has 7 nitrogen and oxygen atoms in total. The zero-order valence-corrected chi connectivity index (χ0v) is 18.6. The summed E-state index contributed by atoms with van der Waals surface area (Å²) in [5.41, 5.74) is 4.11. The normalized spacial score (nSPS) is 14.5. The molecule has 0 saturated heterocycles. The number of benzene rings is 2. The molecule has 0 bridgehead atoms.